The van der Waals surface area contributed by atoms with Gasteiger partial charge in [0.1, 0.15) is 17.3 Å². The number of esters is 1. The molecule has 1 aliphatic heterocycles. The van der Waals surface area contributed by atoms with Crippen LogP contribution >= 0.6 is 11.6 Å². The molecule has 0 saturated carbocycles. The van der Waals surface area contributed by atoms with E-state index in [4.69, 9.17) is 21.1 Å². The number of carbonyl (C=O) groups is 2. The summed E-state index contributed by atoms with van der Waals surface area (Å²) >= 11 is 6.00. The predicted molar refractivity (Wildman–Crippen MR) is 102 cm³/mol. The number of Topliss-reactive ketones (excluding diaryl/α,β-unsaturated/α-hetero) is 1. The molecule has 0 bridgehead atoms. The number of allylic oxidation sites excluding steroid dienone is 1. The Bertz CT molecular complexity index is 1120. The monoisotopic (exact) mass is 394 g/mol. The number of ketones is 1. The standard InChI is InChI=1S/C22H12ClFO4/c23-18-4-2-1-3-16(18)22(26)27-15-9-10-17-19(12-15)28-20(21(17)25)11-13-5-7-14(24)8-6-13/h1-12H/b20-11-. The molecule has 138 valence electrons. The molecule has 0 unspecified atom stereocenters. The summed E-state index contributed by atoms with van der Waals surface area (Å²) < 4.78 is 24.0. The van der Waals surface area contributed by atoms with Crippen LogP contribution in [0.25, 0.3) is 6.08 Å². The van der Waals surface area contributed by atoms with Gasteiger partial charge < -0.3 is 9.47 Å². The van der Waals surface area contributed by atoms with Crippen molar-refractivity contribution in [1.82, 2.24) is 0 Å². The molecule has 0 aliphatic carbocycles. The van der Waals surface area contributed by atoms with Crippen LogP contribution in [-0.4, -0.2) is 11.8 Å². The highest BCUT2D eigenvalue weighted by molar-refractivity contribution is 6.33. The molecule has 0 radical (unpaired) electrons. The normalized spacial score (nSPS) is 13.9. The van der Waals surface area contributed by atoms with E-state index in [9.17, 15) is 14.0 Å². The van der Waals surface area contributed by atoms with E-state index in [0.29, 0.717) is 11.1 Å². The van der Waals surface area contributed by atoms with Gasteiger partial charge in [-0.1, -0.05) is 35.9 Å². The van der Waals surface area contributed by atoms with E-state index in [1.54, 1.807) is 36.4 Å². The van der Waals surface area contributed by atoms with Gasteiger partial charge in [-0.3, -0.25) is 4.79 Å². The summed E-state index contributed by atoms with van der Waals surface area (Å²) in [6.45, 7) is 0. The SMILES string of the molecule is O=C(Oc1ccc2c(c1)O/C(=C\c1ccc(F)cc1)C2=O)c1ccccc1Cl. The first-order valence-corrected chi connectivity index (χ1v) is 8.69. The Balaban J connectivity index is 1.56. The lowest BCUT2D eigenvalue weighted by Gasteiger charge is -2.06. The van der Waals surface area contributed by atoms with Crippen molar-refractivity contribution in [2.24, 2.45) is 0 Å². The Morgan fingerprint density at radius 3 is 2.54 bits per heavy atom. The summed E-state index contributed by atoms with van der Waals surface area (Å²) in [6.07, 6.45) is 1.52. The maximum atomic E-state index is 13.0. The molecule has 0 amide bonds. The van der Waals surface area contributed by atoms with Crippen LogP contribution in [-0.2, 0) is 0 Å². The van der Waals surface area contributed by atoms with Crippen molar-refractivity contribution < 1.29 is 23.5 Å². The van der Waals surface area contributed by atoms with Gasteiger partial charge in [-0.25, -0.2) is 9.18 Å². The average molecular weight is 395 g/mol. The lowest BCUT2D eigenvalue weighted by molar-refractivity contribution is 0.0734. The van der Waals surface area contributed by atoms with Gasteiger partial charge in [0.15, 0.2) is 5.76 Å². The number of rotatable bonds is 3. The van der Waals surface area contributed by atoms with E-state index in [1.807, 2.05) is 0 Å². The Hall–Kier alpha value is -3.44. The topological polar surface area (TPSA) is 52.6 Å². The largest absolute Gasteiger partial charge is 0.452 e. The zero-order valence-electron chi connectivity index (χ0n) is 14.3. The van der Waals surface area contributed by atoms with Gasteiger partial charge in [-0.15, -0.1) is 0 Å². The van der Waals surface area contributed by atoms with E-state index in [1.165, 1.54) is 36.4 Å². The predicted octanol–water partition coefficient (Wildman–Crippen LogP) is 5.31. The number of hydrogen-bond donors (Lipinski definition) is 0. The second-order valence-electron chi connectivity index (χ2n) is 6.02. The third kappa shape index (κ3) is 3.52. The first kappa shape index (κ1) is 17.9. The van der Waals surface area contributed by atoms with E-state index >= 15 is 0 Å². The fourth-order valence-electron chi connectivity index (χ4n) is 2.73. The summed E-state index contributed by atoms with van der Waals surface area (Å²) in [5, 5.41) is 0.282. The van der Waals surface area contributed by atoms with E-state index < -0.39 is 5.97 Å². The van der Waals surface area contributed by atoms with Crippen LogP contribution < -0.4 is 9.47 Å². The van der Waals surface area contributed by atoms with Crippen molar-refractivity contribution in [2.75, 3.05) is 0 Å². The van der Waals surface area contributed by atoms with Crippen molar-refractivity contribution in [3.05, 3.63) is 100 Å². The van der Waals surface area contributed by atoms with Gasteiger partial charge in [0.05, 0.1) is 16.1 Å². The summed E-state index contributed by atoms with van der Waals surface area (Å²) in [5.74, 6) is -0.673. The molecule has 0 spiro atoms. The smallest absolute Gasteiger partial charge is 0.345 e. The fourth-order valence-corrected chi connectivity index (χ4v) is 2.94. The van der Waals surface area contributed by atoms with Crippen molar-refractivity contribution in [1.29, 1.82) is 0 Å². The minimum absolute atomic E-state index is 0.108. The molecule has 1 heterocycles. The van der Waals surface area contributed by atoms with Crippen LogP contribution in [0.4, 0.5) is 4.39 Å². The quantitative estimate of drug-likeness (QED) is 0.343. The van der Waals surface area contributed by atoms with E-state index in [-0.39, 0.29) is 39.4 Å². The summed E-state index contributed by atoms with van der Waals surface area (Å²) in [5.41, 5.74) is 1.22. The lowest BCUT2D eigenvalue weighted by Crippen LogP contribution is -2.09. The van der Waals surface area contributed by atoms with Crippen LogP contribution in [0.3, 0.4) is 0 Å². The molecule has 1 aliphatic rings. The second-order valence-corrected chi connectivity index (χ2v) is 6.43. The van der Waals surface area contributed by atoms with Crippen molar-refractivity contribution in [2.45, 2.75) is 0 Å². The van der Waals surface area contributed by atoms with Gasteiger partial charge >= 0.3 is 5.97 Å². The van der Waals surface area contributed by atoms with Crippen LogP contribution in [0.5, 0.6) is 11.5 Å². The maximum Gasteiger partial charge on any atom is 0.345 e. The third-order valence-corrected chi connectivity index (χ3v) is 4.44. The Labute approximate surface area is 164 Å². The van der Waals surface area contributed by atoms with E-state index in [0.717, 1.165) is 0 Å². The minimum atomic E-state index is -0.614. The molecule has 0 N–H and O–H groups in total. The van der Waals surface area contributed by atoms with Crippen molar-refractivity contribution in [3.63, 3.8) is 0 Å². The van der Waals surface area contributed by atoms with Gasteiger partial charge in [-0.2, -0.15) is 0 Å². The number of fused-ring (bicyclic) bond motifs is 1. The Morgan fingerprint density at radius 2 is 1.79 bits per heavy atom. The molecule has 3 aromatic carbocycles. The lowest BCUT2D eigenvalue weighted by atomic mass is 10.1. The second kappa shape index (κ2) is 7.29. The maximum absolute atomic E-state index is 13.0. The van der Waals surface area contributed by atoms with Crippen molar-refractivity contribution in [3.8, 4) is 11.5 Å². The first-order valence-electron chi connectivity index (χ1n) is 8.32. The highest BCUT2D eigenvalue weighted by Crippen LogP contribution is 2.35. The molecule has 4 rings (SSSR count). The van der Waals surface area contributed by atoms with Crippen LogP contribution in [0.1, 0.15) is 26.3 Å². The Kier molecular flexibility index (Phi) is 4.67. The molecular weight excluding hydrogens is 383 g/mol. The highest BCUT2D eigenvalue weighted by Gasteiger charge is 2.28. The molecule has 6 heteroatoms. The van der Waals surface area contributed by atoms with Crippen LogP contribution in [0.2, 0.25) is 5.02 Å². The number of hydrogen-bond acceptors (Lipinski definition) is 4. The minimum Gasteiger partial charge on any atom is -0.452 e. The summed E-state index contributed by atoms with van der Waals surface area (Å²) in [4.78, 5) is 24.8. The number of ether oxygens (including phenoxy) is 2. The zero-order valence-corrected chi connectivity index (χ0v) is 15.1. The van der Waals surface area contributed by atoms with Crippen LogP contribution in [0.15, 0.2) is 72.5 Å². The molecule has 3 aromatic rings. The summed E-state index contributed by atoms with van der Waals surface area (Å²) in [7, 11) is 0. The average Bonchev–Trinajstić information content (AvgIpc) is 2.99. The molecule has 0 saturated heterocycles. The van der Waals surface area contributed by atoms with Gasteiger partial charge in [0, 0.05) is 6.07 Å². The van der Waals surface area contributed by atoms with Crippen molar-refractivity contribution >= 4 is 29.4 Å². The number of halogens is 2. The molecule has 0 atom stereocenters. The molecule has 0 aromatic heterocycles. The van der Waals surface area contributed by atoms with E-state index in [2.05, 4.69) is 0 Å². The van der Waals surface area contributed by atoms with Gasteiger partial charge in [0.25, 0.3) is 0 Å². The highest BCUT2D eigenvalue weighted by atomic mass is 35.5. The van der Waals surface area contributed by atoms with Gasteiger partial charge in [0.2, 0.25) is 5.78 Å². The van der Waals surface area contributed by atoms with Crippen LogP contribution in [0, 0.1) is 5.82 Å². The summed E-state index contributed by atoms with van der Waals surface area (Å²) in [6, 6.07) is 16.7. The number of carbonyl (C=O) groups excluding carboxylic acids is 2. The fraction of sp³-hybridized carbons (Fsp3) is 0. The zero-order chi connectivity index (χ0) is 19.7. The molecule has 4 nitrogen and oxygen atoms in total. The van der Waals surface area contributed by atoms with Gasteiger partial charge in [-0.05, 0) is 48.0 Å². The first-order chi connectivity index (χ1) is 13.5. The molecule has 0 fully saturated rings. The molecular formula is C22H12ClFO4. The number of benzene rings is 3. The third-order valence-electron chi connectivity index (χ3n) is 4.11. The Morgan fingerprint density at radius 1 is 1.04 bits per heavy atom. The molecule has 28 heavy (non-hydrogen) atoms.